The molecule has 2 rings (SSSR count). The second kappa shape index (κ2) is 3.47. The first-order chi connectivity index (χ1) is 6.69. The minimum absolute atomic E-state index is 0.0333. The van der Waals surface area contributed by atoms with Crippen molar-refractivity contribution in [2.75, 3.05) is 7.11 Å². The summed E-state index contributed by atoms with van der Waals surface area (Å²) in [7, 11) is 1.65. The van der Waals surface area contributed by atoms with E-state index in [4.69, 9.17) is 17.0 Å². The van der Waals surface area contributed by atoms with Crippen molar-refractivity contribution in [1.82, 2.24) is 10.6 Å². The second-order valence-corrected chi connectivity index (χ2v) is 4.26. The molecule has 1 saturated carbocycles. The first kappa shape index (κ1) is 9.86. The van der Waals surface area contributed by atoms with Crippen molar-refractivity contribution in [3.8, 4) is 0 Å². The van der Waals surface area contributed by atoms with Gasteiger partial charge in [-0.15, -0.1) is 0 Å². The number of nitrogens with one attached hydrogen (secondary N) is 2. The number of hydrogen-bond donors (Lipinski definition) is 2. The molecule has 2 fully saturated rings. The zero-order chi connectivity index (χ0) is 10.2. The molecule has 0 aromatic carbocycles. The van der Waals surface area contributed by atoms with Crippen LogP contribution in [-0.4, -0.2) is 29.8 Å². The van der Waals surface area contributed by atoms with E-state index in [1.807, 2.05) is 0 Å². The predicted molar refractivity (Wildman–Crippen MR) is 55.9 cm³/mol. The number of thiocarbonyl (C=S) groups is 1. The lowest BCUT2D eigenvalue weighted by atomic mass is 9.79. The van der Waals surface area contributed by atoms with Crippen LogP contribution in [0.15, 0.2) is 0 Å². The van der Waals surface area contributed by atoms with Crippen molar-refractivity contribution in [3.05, 3.63) is 0 Å². The molecule has 5 heteroatoms. The third kappa shape index (κ3) is 1.31. The summed E-state index contributed by atoms with van der Waals surface area (Å²) >= 11 is 4.95. The summed E-state index contributed by atoms with van der Waals surface area (Å²) in [6.07, 6.45) is 3.82. The van der Waals surface area contributed by atoms with Crippen molar-refractivity contribution in [3.63, 3.8) is 0 Å². The van der Waals surface area contributed by atoms with E-state index in [0.717, 1.165) is 25.7 Å². The van der Waals surface area contributed by atoms with Gasteiger partial charge in [-0.1, -0.05) is 12.8 Å². The highest BCUT2D eigenvalue weighted by molar-refractivity contribution is 7.80. The van der Waals surface area contributed by atoms with Crippen LogP contribution in [0, 0.1) is 0 Å². The molecule has 4 nitrogen and oxygen atoms in total. The van der Waals surface area contributed by atoms with Crippen LogP contribution in [0.5, 0.6) is 0 Å². The van der Waals surface area contributed by atoms with Crippen LogP contribution in [0.25, 0.3) is 0 Å². The molecule has 1 heterocycles. The lowest BCUT2D eigenvalue weighted by molar-refractivity contribution is -0.131. The number of methoxy groups -OCH3 is 1. The van der Waals surface area contributed by atoms with E-state index in [1.54, 1.807) is 7.11 Å². The van der Waals surface area contributed by atoms with Crippen LogP contribution >= 0.6 is 12.2 Å². The van der Waals surface area contributed by atoms with E-state index in [2.05, 4.69) is 10.6 Å². The summed E-state index contributed by atoms with van der Waals surface area (Å²) in [4.78, 5) is 11.8. The molecule has 14 heavy (non-hydrogen) atoms. The molecule has 1 aliphatic carbocycles. The normalized spacial score (nSPS) is 37.1. The maximum absolute atomic E-state index is 11.8. The van der Waals surface area contributed by atoms with Gasteiger partial charge in [-0.05, 0) is 25.1 Å². The van der Waals surface area contributed by atoms with Gasteiger partial charge in [0.2, 0.25) is 0 Å². The number of carbonyl (C=O) groups excluding carboxylic acids is 1. The first-order valence-corrected chi connectivity index (χ1v) is 5.26. The fourth-order valence-corrected chi connectivity index (χ4v) is 2.64. The summed E-state index contributed by atoms with van der Waals surface area (Å²) in [5.41, 5.74) is -0.593. The Kier molecular flexibility index (Phi) is 2.45. The maximum atomic E-state index is 11.8. The number of amides is 1. The lowest BCUT2D eigenvalue weighted by Crippen LogP contribution is -2.58. The number of carbonyl (C=O) groups is 1. The molecule has 1 aliphatic heterocycles. The van der Waals surface area contributed by atoms with Crippen molar-refractivity contribution >= 4 is 23.2 Å². The first-order valence-electron chi connectivity index (χ1n) is 4.85. The Hall–Kier alpha value is -0.680. The van der Waals surface area contributed by atoms with E-state index in [9.17, 15) is 4.79 Å². The topological polar surface area (TPSA) is 50.4 Å². The molecule has 0 radical (unpaired) electrons. The van der Waals surface area contributed by atoms with Gasteiger partial charge in [-0.25, -0.2) is 0 Å². The number of ether oxygens (including phenoxy) is 1. The minimum Gasteiger partial charge on any atom is -0.378 e. The van der Waals surface area contributed by atoms with Gasteiger partial charge in [0.1, 0.15) is 5.54 Å². The van der Waals surface area contributed by atoms with Crippen LogP contribution in [0.3, 0.4) is 0 Å². The van der Waals surface area contributed by atoms with Crippen LogP contribution in [0.2, 0.25) is 0 Å². The molecule has 0 bridgehead atoms. The van der Waals surface area contributed by atoms with E-state index in [1.165, 1.54) is 0 Å². The lowest BCUT2D eigenvalue weighted by Gasteiger charge is -2.37. The predicted octanol–water partition coefficient (Wildman–Crippen LogP) is 0.319. The van der Waals surface area contributed by atoms with Crippen molar-refractivity contribution < 1.29 is 9.53 Å². The fraction of sp³-hybridized carbons (Fsp3) is 0.778. The highest BCUT2D eigenvalue weighted by Crippen LogP contribution is 2.32. The standard InChI is InChI=1S/C9H14N2O2S/c1-13-6-4-2-3-5-9(6)7(12)10-8(14)11-9/h6H,2-5H2,1H3,(H2,10,11,12,14). The van der Waals surface area contributed by atoms with E-state index < -0.39 is 5.54 Å². The van der Waals surface area contributed by atoms with Gasteiger partial charge in [-0.3, -0.25) is 4.79 Å². The largest absolute Gasteiger partial charge is 0.378 e. The fourth-order valence-electron chi connectivity index (χ4n) is 2.37. The van der Waals surface area contributed by atoms with Crippen molar-refractivity contribution in [1.29, 1.82) is 0 Å². The van der Waals surface area contributed by atoms with Gasteiger partial charge in [0.05, 0.1) is 6.10 Å². The quantitative estimate of drug-likeness (QED) is 0.617. The summed E-state index contributed by atoms with van der Waals surface area (Å²) in [5.74, 6) is -0.0333. The van der Waals surface area contributed by atoms with Crippen molar-refractivity contribution in [2.45, 2.75) is 37.3 Å². The Morgan fingerprint density at radius 3 is 2.93 bits per heavy atom. The summed E-state index contributed by atoms with van der Waals surface area (Å²) in [6, 6.07) is 0. The Morgan fingerprint density at radius 2 is 2.36 bits per heavy atom. The van der Waals surface area contributed by atoms with E-state index in [-0.39, 0.29) is 12.0 Å². The van der Waals surface area contributed by atoms with E-state index >= 15 is 0 Å². The smallest absolute Gasteiger partial charge is 0.254 e. The highest BCUT2D eigenvalue weighted by Gasteiger charge is 2.51. The third-order valence-electron chi connectivity index (χ3n) is 3.09. The van der Waals surface area contributed by atoms with Crippen LogP contribution in [0.4, 0.5) is 0 Å². The Labute approximate surface area is 88.4 Å². The molecule has 2 N–H and O–H groups in total. The summed E-state index contributed by atoms with van der Waals surface area (Å²) < 4.78 is 5.36. The zero-order valence-electron chi connectivity index (χ0n) is 8.13. The minimum atomic E-state index is -0.593. The van der Waals surface area contributed by atoms with Gasteiger partial charge >= 0.3 is 0 Å². The van der Waals surface area contributed by atoms with Gasteiger partial charge in [0.15, 0.2) is 5.11 Å². The van der Waals surface area contributed by atoms with Gasteiger partial charge in [-0.2, -0.15) is 0 Å². The third-order valence-corrected chi connectivity index (χ3v) is 3.29. The molecule has 2 atom stereocenters. The van der Waals surface area contributed by atoms with Crippen molar-refractivity contribution in [2.24, 2.45) is 0 Å². The van der Waals surface area contributed by atoms with E-state index in [0.29, 0.717) is 5.11 Å². The Morgan fingerprint density at radius 1 is 1.57 bits per heavy atom. The average Bonchev–Trinajstić information content (AvgIpc) is 2.43. The Bertz CT molecular complexity index is 282. The molecular weight excluding hydrogens is 200 g/mol. The average molecular weight is 214 g/mol. The Balaban J connectivity index is 2.26. The maximum Gasteiger partial charge on any atom is 0.254 e. The second-order valence-electron chi connectivity index (χ2n) is 3.85. The summed E-state index contributed by atoms with van der Waals surface area (Å²) in [5, 5.41) is 6.14. The van der Waals surface area contributed by atoms with Gasteiger partial charge < -0.3 is 15.4 Å². The molecule has 0 aromatic heterocycles. The molecular formula is C9H14N2O2S. The monoisotopic (exact) mass is 214 g/mol. The molecule has 1 saturated heterocycles. The highest BCUT2D eigenvalue weighted by atomic mass is 32.1. The van der Waals surface area contributed by atoms with Gasteiger partial charge in [0, 0.05) is 7.11 Å². The molecule has 2 aliphatic rings. The SMILES string of the molecule is COC1CCCCC12NC(=S)NC2=O. The molecule has 0 aromatic rings. The number of rotatable bonds is 1. The van der Waals surface area contributed by atoms with Gasteiger partial charge in [0.25, 0.3) is 5.91 Å². The van der Waals surface area contributed by atoms with Crippen LogP contribution < -0.4 is 10.6 Å². The van der Waals surface area contributed by atoms with Crippen LogP contribution in [-0.2, 0) is 9.53 Å². The molecule has 2 unspecified atom stereocenters. The summed E-state index contributed by atoms with van der Waals surface area (Å²) in [6.45, 7) is 0. The molecule has 1 amide bonds. The zero-order valence-corrected chi connectivity index (χ0v) is 8.95. The number of hydrogen-bond acceptors (Lipinski definition) is 3. The molecule has 78 valence electrons. The van der Waals surface area contributed by atoms with Crippen LogP contribution in [0.1, 0.15) is 25.7 Å². The molecule has 1 spiro atoms.